The summed E-state index contributed by atoms with van der Waals surface area (Å²) in [5, 5.41) is 14.3. The van der Waals surface area contributed by atoms with Gasteiger partial charge in [-0.25, -0.2) is 17.9 Å². The fourth-order valence-electron chi connectivity index (χ4n) is 3.68. The largest absolute Gasteiger partial charge is 0.460 e. The number of carbonyl (C=O) groups is 2. The highest BCUT2D eigenvalue weighted by Crippen LogP contribution is 2.40. The number of ketones is 1. The maximum Gasteiger partial charge on any atom is 0.337 e. The zero-order valence-electron chi connectivity index (χ0n) is 19.6. The first-order valence-electron chi connectivity index (χ1n) is 10.6. The maximum atomic E-state index is 13.3. The molecule has 1 unspecified atom stereocenters. The number of dihydropyridines is 1. The molecule has 10 nitrogen and oxygen atoms in total. The van der Waals surface area contributed by atoms with Crippen molar-refractivity contribution in [1.82, 2.24) is 10.0 Å². The van der Waals surface area contributed by atoms with E-state index in [9.17, 15) is 28.1 Å². The Balaban J connectivity index is 2.60. The van der Waals surface area contributed by atoms with Gasteiger partial charge in [0, 0.05) is 41.6 Å². The lowest BCUT2D eigenvalue weighted by atomic mass is 9.79. The van der Waals surface area contributed by atoms with Crippen molar-refractivity contribution in [2.45, 2.75) is 46.1 Å². The Kier molecular flexibility index (Phi) is 8.88. The van der Waals surface area contributed by atoms with Crippen molar-refractivity contribution in [1.29, 1.82) is 0 Å². The standard InChI is InChI=1S/C23H29N3O7S/c1-6-7-11-24-34(31,32)13-19(27)20-15(4)25-16(5)21(23(28)33-14(2)3)22(20)17-9-8-10-18(12-17)26(29)30/h6,8-10,12,14,22,24-25H,1,7,11,13H2,2-5H3. The summed E-state index contributed by atoms with van der Waals surface area (Å²) in [7, 11) is -3.97. The molecule has 1 aliphatic heterocycles. The lowest BCUT2D eigenvalue weighted by Crippen LogP contribution is -2.36. The molecule has 0 saturated heterocycles. The molecule has 0 amide bonds. The van der Waals surface area contributed by atoms with Crippen molar-refractivity contribution in [2.24, 2.45) is 0 Å². The summed E-state index contributed by atoms with van der Waals surface area (Å²) >= 11 is 0. The van der Waals surface area contributed by atoms with Gasteiger partial charge in [0.1, 0.15) is 5.75 Å². The summed E-state index contributed by atoms with van der Waals surface area (Å²) in [6, 6.07) is 5.56. The van der Waals surface area contributed by atoms with Gasteiger partial charge in [0.05, 0.1) is 16.6 Å². The van der Waals surface area contributed by atoms with E-state index in [-0.39, 0.29) is 23.4 Å². The minimum Gasteiger partial charge on any atom is -0.460 e. The molecule has 0 radical (unpaired) electrons. The number of benzene rings is 1. The second-order valence-electron chi connectivity index (χ2n) is 8.10. The third-order valence-corrected chi connectivity index (χ3v) is 6.32. The molecule has 184 valence electrons. The van der Waals surface area contributed by atoms with E-state index < -0.39 is 44.5 Å². The predicted molar refractivity (Wildman–Crippen MR) is 127 cm³/mol. The van der Waals surface area contributed by atoms with Crippen LogP contribution >= 0.6 is 0 Å². The van der Waals surface area contributed by atoms with E-state index in [0.29, 0.717) is 23.4 Å². The molecule has 2 N–H and O–H groups in total. The quantitative estimate of drug-likeness (QED) is 0.158. The first-order valence-corrected chi connectivity index (χ1v) is 12.3. The first-order chi connectivity index (χ1) is 15.9. The van der Waals surface area contributed by atoms with E-state index in [0.717, 1.165) is 0 Å². The Labute approximate surface area is 199 Å². The highest BCUT2D eigenvalue weighted by atomic mass is 32.2. The fraction of sp³-hybridized carbons (Fsp3) is 0.391. The number of non-ortho nitro benzene ring substituents is 1. The van der Waals surface area contributed by atoms with Gasteiger partial charge in [0.15, 0.2) is 5.78 Å². The molecule has 1 aromatic rings. The van der Waals surface area contributed by atoms with Gasteiger partial charge in [-0.15, -0.1) is 6.58 Å². The monoisotopic (exact) mass is 491 g/mol. The minimum atomic E-state index is -3.97. The highest BCUT2D eigenvalue weighted by molar-refractivity contribution is 7.90. The van der Waals surface area contributed by atoms with Crippen LogP contribution in [0.4, 0.5) is 5.69 Å². The second-order valence-corrected chi connectivity index (χ2v) is 9.90. The summed E-state index contributed by atoms with van der Waals surface area (Å²) in [5.41, 5.74) is 0.930. The van der Waals surface area contributed by atoms with Gasteiger partial charge in [-0.3, -0.25) is 14.9 Å². The maximum absolute atomic E-state index is 13.3. The molecule has 0 aliphatic carbocycles. The molecule has 1 aromatic carbocycles. The van der Waals surface area contributed by atoms with E-state index in [1.165, 1.54) is 18.2 Å². The molecule has 0 bridgehead atoms. The number of Topliss-reactive ketones (excluding diaryl/α,β-unsaturated/α-hetero) is 1. The second kappa shape index (κ2) is 11.2. The molecule has 1 atom stereocenters. The van der Waals surface area contributed by atoms with Crippen molar-refractivity contribution in [3.05, 3.63) is 75.1 Å². The third kappa shape index (κ3) is 6.61. The number of nitro benzene ring substituents is 1. The average molecular weight is 492 g/mol. The van der Waals surface area contributed by atoms with Crippen LogP contribution in [0.25, 0.3) is 0 Å². The number of carbonyl (C=O) groups excluding carboxylic acids is 2. The Hall–Kier alpha value is -3.31. The van der Waals surface area contributed by atoms with Gasteiger partial charge < -0.3 is 10.1 Å². The summed E-state index contributed by atoms with van der Waals surface area (Å²) in [4.78, 5) is 37.1. The number of allylic oxidation sites excluding steroid dienone is 3. The van der Waals surface area contributed by atoms with Crippen LogP contribution in [0.3, 0.4) is 0 Å². The Morgan fingerprint density at radius 1 is 1.26 bits per heavy atom. The lowest BCUT2D eigenvalue weighted by molar-refractivity contribution is -0.384. The molecular weight excluding hydrogens is 462 g/mol. The van der Waals surface area contributed by atoms with Gasteiger partial charge >= 0.3 is 5.97 Å². The molecule has 34 heavy (non-hydrogen) atoms. The van der Waals surface area contributed by atoms with E-state index >= 15 is 0 Å². The summed E-state index contributed by atoms with van der Waals surface area (Å²) in [5.74, 6) is -3.35. The van der Waals surface area contributed by atoms with E-state index in [1.807, 2.05) is 0 Å². The van der Waals surface area contributed by atoms with Crippen molar-refractivity contribution in [3.8, 4) is 0 Å². The van der Waals surface area contributed by atoms with Crippen LogP contribution in [-0.2, 0) is 24.3 Å². The molecule has 0 fully saturated rings. The van der Waals surface area contributed by atoms with Gasteiger partial charge in [0.2, 0.25) is 10.0 Å². The molecular formula is C23H29N3O7S. The number of hydrogen-bond acceptors (Lipinski definition) is 8. The summed E-state index contributed by atoms with van der Waals surface area (Å²) in [6.07, 6.45) is 1.47. The molecule has 2 rings (SSSR count). The lowest BCUT2D eigenvalue weighted by Gasteiger charge is -2.31. The van der Waals surface area contributed by atoms with Crippen LogP contribution in [-0.4, -0.2) is 43.5 Å². The topological polar surface area (TPSA) is 145 Å². The van der Waals surface area contributed by atoms with Gasteiger partial charge in [-0.05, 0) is 39.7 Å². The van der Waals surface area contributed by atoms with Crippen LogP contribution in [0.1, 0.15) is 45.6 Å². The van der Waals surface area contributed by atoms with Crippen LogP contribution in [0, 0.1) is 10.1 Å². The number of rotatable bonds is 11. The number of nitro groups is 1. The van der Waals surface area contributed by atoms with E-state index in [1.54, 1.807) is 39.8 Å². The van der Waals surface area contributed by atoms with Crippen LogP contribution in [0.5, 0.6) is 0 Å². The molecule has 1 heterocycles. The predicted octanol–water partition coefficient (Wildman–Crippen LogP) is 2.85. The number of nitrogens with zero attached hydrogens (tertiary/aromatic N) is 1. The Morgan fingerprint density at radius 3 is 2.50 bits per heavy atom. The number of hydrogen-bond donors (Lipinski definition) is 2. The fourth-order valence-corrected chi connectivity index (χ4v) is 4.71. The van der Waals surface area contributed by atoms with Crippen molar-refractivity contribution in [3.63, 3.8) is 0 Å². The van der Waals surface area contributed by atoms with Gasteiger partial charge in [0.25, 0.3) is 5.69 Å². The number of ether oxygens (including phenoxy) is 1. The molecule has 11 heteroatoms. The minimum absolute atomic E-state index is 0.0240. The summed E-state index contributed by atoms with van der Waals surface area (Å²) in [6.45, 7) is 10.2. The highest BCUT2D eigenvalue weighted by Gasteiger charge is 2.38. The number of esters is 1. The van der Waals surface area contributed by atoms with E-state index in [2.05, 4.69) is 16.6 Å². The van der Waals surface area contributed by atoms with Crippen molar-refractivity contribution < 1.29 is 27.7 Å². The van der Waals surface area contributed by atoms with Crippen LogP contribution < -0.4 is 10.0 Å². The number of sulfonamides is 1. The molecule has 1 aliphatic rings. The zero-order valence-corrected chi connectivity index (χ0v) is 20.4. The smallest absolute Gasteiger partial charge is 0.337 e. The van der Waals surface area contributed by atoms with E-state index in [4.69, 9.17) is 4.74 Å². The van der Waals surface area contributed by atoms with Crippen molar-refractivity contribution >= 4 is 27.5 Å². The number of nitrogens with one attached hydrogen (secondary N) is 2. The normalized spacial score (nSPS) is 16.3. The van der Waals surface area contributed by atoms with Crippen molar-refractivity contribution in [2.75, 3.05) is 12.3 Å². The zero-order chi connectivity index (χ0) is 25.6. The molecule has 0 aromatic heterocycles. The van der Waals surface area contributed by atoms with Crippen LogP contribution in [0.15, 0.2) is 59.5 Å². The summed E-state index contributed by atoms with van der Waals surface area (Å²) < 4.78 is 32.7. The SMILES string of the molecule is C=CCCNS(=O)(=O)CC(=O)C1=C(C)NC(C)=C(C(=O)OC(C)C)C1c1cccc([N+](=O)[O-])c1. The van der Waals surface area contributed by atoms with Gasteiger partial charge in [-0.1, -0.05) is 18.2 Å². The van der Waals surface area contributed by atoms with Crippen LogP contribution in [0.2, 0.25) is 0 Å². The van der Waals surface area contributed by atoms with Gasteiger partial charge in [-0.2, -0.15) is 0 Å². The molecule has 0 saturated carbocycles. The Bertz CT molecular complexity index is 1170. The first kappa shape index (κ1) is 26.9. The molecule has 0 spiro atoms. The average Bonchev–Trinajstić information content (AvgIpc) is 2.72. The third-order valence-electron chi connectivity index (χ3n) is 5.03. The Morgan fingerprint density at radius 2 is 1.91 bits per heavy atom.